The molecule has 1 saturated carbocycles. The lowest BCUT2D eigenvalue weighted by Crippen LogP contribution is -2.57. The van der Waals surface area contributed by atoms with Gasteiger partial charge in [0.2, 0.25) is 0 Å². The van der Waals surface area contributed by atoms with E-state index in [1.807, 2.05) is 19.1 Å². The van der Waals surface area contributed by atoms with Crippen molar-refractivity contribution in [3.8, 4) is 17.5 Å². The first-order valence-electron chi connectivity index (χ1n) is 12.1. The molecule has 1 aliphatic rings. The second kappa shape index (κ2) is 10.3. The Morgan fingerprint density at radius 2 is 2.08 bits per heavy atom. The van der Waals surface area contributed by atoms with Gasteiger partial charge in [0, 0.05) is 17.8 Å². The van der Waals surface area contributed by atoms with E-state index in [2.05, 4.69) is 36.8 Å². The Morgan fingerprint density at radius 1 is 1.34 bits per heavy atom. The van der Waals surface area contributed by atoms with Gasteiger partial charge in [-0.15, -0.1) is 0 Å². The molecule has 0 bridgehead atoms. The molecule has 3 heterocycles. The van der Waals surface area contributed by atoms with E-state index in [0.29, 0.717) is 41.0 Å². The fourth-order valence-corrected chi connectivity index (χ4v) is 4.44. The molecule has 1 atom stereocenters. The second-order valence-electron chi connectivity index (χ2n) is 10.3. The van der Waals surface area contributed by atoms with Crippen LogP contribution in [-0.4, -0.2) is 68.7 Å². The van der Waals surface area contributed by atoms with Crippen molar-refractivity contribution < 1.29 is 23.8 Å². The minimum atomic E-state index is -1.67. The highest BCUT2D eigenvalue weighted by atomic mass is 19.1. The van der Waals surface area contributed by atoms with E-state index >= 15 is 0 Å². The molecule has 0 unspecified atom stereocenters. The third-order valence-electron chi connectivity index (χ3n) is 6.59. The van der Waals surface area contributed by atoms with Crippen molar-refractivity contribution >= 4 is 23.2 Å². The summed E-state index contributed by atoms with van der Waals surface area (Å²) in [6.45, 7) is 4.26. The summed E-state index contributed by atoms with van der Waals surface area (Å²) in [5, 5.41) is 32.1. The topological polar surface area (TPSA) is 154 Å². The zero-order chi connectivity index (χ0) is 27.7. The number of hydrogen-bond donors (Lipinski definition) is 4. The molecule has 38 heavy (non-hydrogen) atoms. The van der Waals surface area contributed by atoms with Gasteiger partial charge in [-0.25, -0.2) is 13.7 Å². The van der Waals surface area contributed by atoms with Gasteiger partial charge in [-0.2, -0.15) is 10.4 Å². The summed E-state index contributed by atoms with van der Waals surface area (Å²) < 4.78 is 20.6. The molecule has 3 aromatic heterocycles. The number of amides is 2. The van der Waals surface area contributed by atoms with Crippen LogP contribution in [-0.2, 0) is 4.74 Å². The van der Waals surface area contributed by atoms with Gasteiger partial charge in [0.25, 0.3) is 5.91 Å². The van der Waals surface area contributed by atoms with Crippen LogP contribution in [0.15, 0.2) is 36.7 Å². The van der Waals surface area contributed by atoms with Gasteiger partial charge in [-0.1, -0.05) is 0 Å². The van der Waals surface area contributed by atoms with E-state index in [-0.39, 0.29) is 18.2 Å². The molecule has 0 aliphatic heterocycles. The number of hydrogen-bond acceptors (Lipinski definition) is 8. The summed E-state index contributed by atoms with van der Waals surface area (Å²) in [5.74, 6) is -0.553. The van der Waals surface area contributed by atoms with Crippen LogP contribution in [0.2, 0.25) is 0 Å². The largest absolute Gasteiger partial charge is 0.453 e. The van der Waals surface area contributed by atoms with E-state index in [9.17, 15) is 19.1 Å². The minimum Gasteiger partial charge on any atom is -0.453 e. The molecule has 3 aromatic rings. The summed E-state index contributed by atoms with van der Waals surface area (Å²) in [5.41, 5.74) is 0.914. The van der Waals surface area contributed by atoms with Crippen LogP contribution in [0.3, 0.4) is 0 Å². The Labute approximate surface area is 219 Å². The number of nitrogens with one attached hydrogen (secondary N) is 3. The number of aliphatic hydroxyl groups is 1. The lowest BCUT2D eigenvalue weighted by Gasteiger charge is -2.46. The molecule has 1 aliphatic carbocycles. The summed E-state index contributed by atoms with van der Waals surface area (Å²) in [6, 6.07) is 9.02. The molecule has 4 rings (SSSR count). The maximum atomic E-state index is 14.3. The van der Waals surface area contributed by atoms with E-state index in [0.717, 1.165) is 0 Å². The average Bonchev–Trinajstić information content (AvgIpc) is 3.28. The first kappa shape index (κ1) is 26.8. The third-order valence-corrected chi connectivity index (χ3v) is 6.59. The van der Waals surface area contributed by atoms with Crippen molar-refractivity contribution in [2.45, 2.75) is 57.0 Å². The number of nitrogens with zero attached hydrogens (tertiary/aromatic N) is 4. The monoisotopic (exact) mass is 523 g/mol. The predicted octanol–water partition coefficient (Wildman–Crippen LogP) is 2.80. The Balaban J connectivity index is 1.63. The number of rotatable bonds is 8. The quantitative estimate of drug-likeness (QED) is 0.352. The second-order valence-corrected chi connectivity index (χ2v) is 10.3. The first-order valence-corrected chi connectivity index (χ1v) is 12.1. The third kappa shape index (κ3) is 5.68. The van der Waals surface area contributed by atoms with Crippen LogP contribution >= 0.6 is 0 Å². The molecule has 200 valence electrons. The number of fused-ring (bicyclic) bond motifs is 1. The molecule has 0 saturated heterocycles. The first-order chi connectivity index (χ1) is 17.9. The maximum absolute atomic E-state index is 14.3. The Kier molecular flexibility index (Phi) is 7.24. The van der Waals surface area contributed by atoms with Gasteiger partial charge in [-0.3, -0.25) is 9.78 Å². The molecule has 12 heteroatoms. The van der Waals surface area contributed by atoms with Crippen molar-refractivity contribution in [2.24, 2.45) is 0 Å². The molecule has 0 aromatic carbocycles. The van der Waals surface area contributed by atoms with Gasteiger partial charge in [0.1, 0.15) is 12.2 Å². The lowest BCUT2D eigenvalue weighted by molar-refractivity contribution is -0.00177. The maximum Gasteiger partial charge on any atom is 0.407 e. The van der Waals surface area contributed by atoms with E-state index in [1.165, 1.54) is 33.4 Å². The highest BCUT2D eigenvalue weighted by molar-refractivity contribution is 6.00. The molecular formula is C26H30FN7O4. The number of ether oxygens (including phenoxy) is 1. The summed E-state index contributed by atoms with van der Waals surface area (Å²) >= 11 is 0. The van der Waals surface area contributed by atoms with E-state index in [1.54, 1.807) is 16.6 Å². The van der Waals surface area contributed by atoms with Crippen molar-refractivity contribution in [1.29, 1.82) is 5.26 Å². The van der Waals surface area contributed by atoms with Crippen molar-refractivity contribution in [1.82, 2.24) is 25.2 Å². The Bertz CT molecular complexity index is 1400. The van der Waals surface area contributed by atoms with Crippen LogP contribution in [0.1, 0.15) is 49.5 Å². The molecular weight excluding hydrogens is 493 g/mol. The van der Waals surface area contributed by atoms with Crippen molar-refractivity contribution in [3.05, 3.63) is 47.8 Å². The fraction of sp³-hybridized carbons (Fsp3) is 0.423. The number of alkyl carbamates (subject to hydrolysis) is 1. The zero-order valence-electron chi connectivity index (χ0n) is 21.6. The number of methoxy groups -OCH3 is 1. The molecule has 0 radical (unpaired) electrons. The SMILES string of the molecule is COC(=O)NC1CC(C)(Nc2cc(-c3ccc4cc(C#N)cnn34)ncc2C(=O)NC[C@@H](F)C(C)(C)O)C1. The van der Waals surface area contributed by atoms with Crippen LogP contribution in [0.5, 0.6) is 0 Å². The Hall–Kier alpha value is -4.24. The van der Waals surface area contributed by atoms with Crippen LogP contribution in [0.25, 0.3) is 16.9 Å². The number of anilines is 1. The van der Waals surface area contributed by atoms with Gasteiger partial charge < -0.3 is 25.8 Å². The number of nitriles is 1. The molecule has 1 fully saturated rings. The Morgan fingerprint density at radius 3 is 2.74 bits per heavy atom. The van der Waals surface area contributed by atoms with Crippen molar-refractivity contribution in [2.75, 3.05) is 19.0 Å². The van der Waals surface area contributed by atoms with Crippen molar-refractivity contribution in [3.63, 3.8) is 0 Å². The number of pyridine rings is 1. The van der Waals surface area contributed by atoms with Crippen LogP contribution < -0.4 is 16.0 Å². The van der Waals surface area contributed by atoms with Crippen LogP contribution in [0, 0.1) is 11.3 Å². The molecule has 11 nitrogen and oxygen atoms in total. The van der Waals surface area contributed by atoms with Gasteiger partial charge >= 0.3 is 6.09 Å². The summed E-state index contributed by atoms with van der Waals surface area (Å²) in [7, 11) is 1.30. The van der Waals surface area contributed by atoms with E-state index < -0.39 is 29.3 Å². The van der Waals surface area contributed by atoms with Gasteiger partial charge in [-0.05, 0) is 57.9 Å². The highest BCUT2D eigenvalue weighted by Crippen LogP contribution is 2.37. The number of carbonyl (C=O) groups is 2. The van der Waals surface area contributed by atoms with Gasteiger partial charge in [0.05, 0.1) is 59.2 Å². The predicted molar refractivity (Wildman–Crippen MR) is 137 cm³/mol. The normalized spacial score (nSPS) is 19.7. The number of halogens is 1. The number of alkyl halides is 1. The highest BCUT2D eigenvalue weighted by Gasteiger charge is 2.42. The van der Waals surface area contributed by atoms with Crippen LogP contribution in [0.4, 0.5) is 14.9 Å². The number of carbonyl (C=O) groups excluding carboxylic acids is 2. The summed E-state index contributed by atoms with van der Waals surface area (Å²) in [4.78, 5) is 29.1. The molecule has 4 N–H and O–H groups in total. The lowest BCUT2D eigenvalue weighted by atomic mass is 9.74. The fourth-order valence-electron chi connectivity index (χ4n) is 4.44. The standard InChI is InChI=1S/C26H30FN7O4/c1-25(2,37)22(27)14-30-23(35)18-13-29-20(21-6-5-17-7-15(11-28)12-31-34(17)21)8-19(18)33-26(3)9-16(10-26)32-24(36)38-4/h5-8,12-13,16,22,37H,9-10,14H2,1-4H3,(H,29,33)(H,30,35)(H,32,36)/t16?,22-,26?/m1/s1. The number of aromatic nitrogens is 3. The smallest absolute Gasteiger partial charge is 0.407 e. The minimum absolute atomic E-state index is 0.0919. The van der Waals surface area contributed by atoms with Gasteiger partial charge in [0.15, 0.2) is 0 Å². The average molecular weight is 524 g/mol. The van der Waals surface area contributed by atoms with E-state index in [4.69, 9.17) is 5.26 Å². The molecule has 0 spiro atoms. The zero-order valence-corrected chi connectivity index (χ0v) is 21.6. The summed E-state index contributed by atoms with van der Waals surface area (Å²) in [6.07, 6.45) is 1.85. The molecule has 2 amide bonds.